The van der Waals surface area contributed by atoms with E-state index in [1.54, 1.807) is 18.2 Å². The Morgan fingerprint density at radius 1 is 1.35 bits per heavy atom. The van der Waals surface area contributed by atoms with Crippen molar-refractivity contribution in [1.82, 2.24) is 4.98 Å². The zero-order chi connectivity index (χ0) is 14.5. The van der Waals surface area contributed by atoms with Gasteiger partial charge in [-0.2, -0.15) is 0 Å². The smallest absolute Gasteiger partial charge is 0.257 e. The fourth-order valence-corrected chi connectivity index (χ4v) is 1.80. The van der Waals surface area contributed by atoms with Crippen molar-refractivity contribution in [2.75, 3.05) is 11.9 Å². The summed E-state index contributed by atoms with van der Waals surface area (Å²) >= 11 is 5.91. The van der Waals surface area contributed by atoms with Crippen molar-refractivity contribution >= 4 is 23.2 Å². The van der Waals surface area contributed by atoms with Crippen LogP contribution in [0.25, 0.3) is 0 Å². The van der Waals surface area contributed by atoms with E-state index in [0.29, 0.717) is 28.6 Å². The van der Waals surface area contributed by atoms with E-state index in [9.17, 15) is 9.59 Å². The number of hydrogen-bond donors (Lipinski definition) is 2. The number of amides is 1. The third-order valence-electron chi connectivity index (χ3n) is 2.54. The minimum atomic E-state index is -0.357. The van der Waals surface area contributed by atoms with Gasteiger partial charge < -0.3 is 15.0 Å². The molecule has 1 amide bonds. The van der Waals surface area contributed by atoms with Gasteiger partial charge in [0.25, 0.3) is 5.91 Å². The van der Waals surface area contributed by atoms with Crippen molar-refractivity contribution in [2.24, 2.45) is 0 Å². The topological polar surface area (TPSA) is 71.2 Å². The Morgan fingerprint density at radius 2 is 2.15 bits per heavy atom. The highest BCUT2D eigenvalue weighted by atomic mass is 35.5. The lowest BCUT2D eigenvalue weighted by molar-refractivity contribution is 0.102. The number of ether oxygens (including phenoxy) is 1. The summed E-state index contributed by atoms with van der Waals surface area (Å²) < 4.78 is 5.42. The van der Waals surface area contributed by atoms with Crippen molar-refractivity contribution in [3.05, 3.63) is 57.5 Å². The highest BCUT2D eigenvalue weighted by Gasteiger charge is 2.10. The molecule has 0 radical (unpaired) electrons. The number of benzene rings is 1. The normalized spacial score (nSPS) is 10.1. The van der Waals surface area contributed by atoms with Crippen LogP contribution < -0.4 is 15.6 Å². The first kappa shape index (κ1) is 14.1. The second-order valence-corrected chi connectivity index (χ2v) is 4.41. The van der Waals surface area contributed by atoms with Gasteiger partial charge in [0.2, 0.25) is 5.56 Å². The van der Waals surface area contributed by atoms with Crippen molar-refractivity contribution in [1.29, 1.82) is 0 Å². The number of H-pyrrole nitrogens is 1. The largest absolute Gasteiger partial charge is 0.492 e. The quantitative estimate of drug-likeness (QED) is 0.910. The van der Waals surface area contributed by atoms with E-state index in [4.69, 9.17) is 16.3 Å². The van der Waals surface area contributed by atoms with Gasteiger partial charge in [0.05, 0.1) is 17.9 Å². The average Bonchev–Trinajstić information content (AvgIpc) is 2.42. The van der Waals surface area contributed by atoms with E-state index in [-0.39, 0.29) is 11.5 Å². The summed E-state index contributed by atoms with van der Waals surface area (Å²) in [6.07, 6.45) is 1.35. The lowest BCUT2D eigenvalue weighted by Crippen LogP contribution is -2.15. The van der Waals surface area contributed by atoms with Gasteiger partial charge in [-0.15, -0.1) is 0 Å². The number of aromatic nitrogens is 1. The predicted molar refractivity (Wildman–Crippen MR) is 77.6 cm³/mol. The molecule has 0 unspecified atom stereocenters. The van der Waals surface area contributed by atoms with Crippen molar-refractivity contribution in [2.45, 2.75) is 6.92 Å². The first-order valence-corrected chi connectivity index (χ1v) is 6.40. The van der Waals surface area contributed by atoms with Crippen LogP contribution >= 0.6 is 11.6 Å². The Morgan fingerprint density at radius 3 is 2.80 bits per heavy atom. The lowest BCUT2D eigenvalue weighted by atomic mass is 10.2. The molecule has 1 heterocycles. The van der Waals surface area contributed by atoms with E-state index in [1.165, 1.54) is 18.3 Å². The Hall–Kier alpha value is -2.27. The average molecular weight is 293 g/mol. The molecule has 2 rings (SSSR count). The molecule has 2 N–H and O–H groups in total. The van der Waals surface area contributed by atoms with Gasteiger partial charge >= 0.3 is 0 Å². The molecule has 0 saturated heterocycles. The molecule has 0 atom stereocenters. The summed E-state index contributed by atoms with van der Waals surface area (Å²) in [5.74, 6) is 0.180. The number of nitrogens with one attached hydrogen (secondary N) is 2. The number of aromatic amines is 1. The molecule has 0 aliphatic carbocycles. The molecule has 104 valence electrons. The van der Waals surface area contributed by atoms with Gasteiger partial charge in [-0.1, -0.05) is 11.6 Å². The summed E-state index contributed by atoms with van der Waals surface area (Å²) in [6.45, 7) is 2.32. The summed E-state index contributed by atoms with van der Waals surface area (Å²) in [4.78, 5) is 25.5. The molecule has 0 fully saturated rings. The number of carbonyl (C=O) groups excluding carboxylic acids is 1. The standard InChI is InChI=1S/C14H13ClN2O3/c1-2-20-12-5-4-10(15)7-11(12)17-14(19)9-3-6-13(18)16-8-9/h3-8H,2H2,1H3,(H,16,18)(H,17,19). The number of rotatable bonds is 4. The number of hydrogen-bond acceptors (Lipinski definition) is 3. The highest BCUT2D eigenvalue weighted by molar-refractivity contribution is 6.31. The van der Waals surface area contributed by atoms with E-state index < -0.39 is 0 Å². The van der Waals surface area contributed by atoms with Crippen LogP contribution in [0.3, 0.4) is 0 Å². The second kappa shape index (κ2) is 6.25. The Balaban J connectivity index is 2.24. The van der Waals surface area contributed by atoms with Crippen molar-refractivity contribution < 1.29 is 9.53 Å². The maximum atomic E-state index is 12.1. The molecule has 0 aliphatic rings. The van der Waals surface area contributed by atoms with Gasteiger partial charge in [-0.3, -0.25) is 9.59 Å². The number of halogens is 1. The zero-order valence-electron chi connectivity index (χ0n) is 10.8. The molecular formula is C14H13ClN2O3. The highest BCUT2D eigenvalue weighted by Crippen LogP contribution is 2.28. The van der Waals surface area contributed by atoms with Crippen molar-refractivity contribution in [3.8, 4) is 5.75 Å². The van der Waals surface area contributed by atoms with Crippen LogP contribution in [0.2, 0.25) is 5.02 Å². The summed E-state index contributed by atoms with van der Waals surface area (Å²) in [5.41, 5.74) is 0.557. The number of anilines is 1. The van der Waals surface area contributed by atoms with E-state index in [1.807, 2.05) is 6.92 Å². The van der Waals surface area contributed by atoms with Crippen LogP contribution in [-0.4, -0.2) is 17.5 Å². The number of carbonyl (C=O) groups is 1. The molecule has 1 aromatic heterocycles. The zero-order valence-corrected chi connectivity index (χ0v) is 11.5. The second-order valence-electron chi connectivity index (χ2n) is 3.97. The summed E-state index contributed by atoms with van der Waals surface area (Å²) in [7, 11) is 0. The summed E-state index contributed by atoms with van der Waals surface area (Å²) in [6, 6.07) is 7.71. The van der Waals surface area contributed by atoms with Crippen LogP contribution in [0.4, 0.5) is 5.69 Å². The maximum absolute atomic E-state index is 12.1. The molecule has 0 aliphatic heterocycles. The maximum Gasteiger partial charge on any atom is 0.257 e. The molecular weight excluding hydrogens is 280 g/mol. The molecule has 0 saturated carbocycles. The minimum absolute atomic E-state index is 0.265. The predicted octanol–water partition coefficient (Wildman–Crippen LogP) is 2.68. The van der Waals surface area contributed by atoms with Crippen LogP contribution in [0, 0.1) is 0 Å². The summed E-state index contributed by atoms with van der Waals surface area (Å²) in [5, 5.41) is 3.19. The fraction of sp³-hybridized carbons (Fsp3) is 0.143. The third kappa shape index (κ3) is 3.39. The Bertz CT molecular complexity index is 662. The van der Waals surface area contributed by atoms with Crippen LogP contribution in [-0.2, 0) is 0 Å². The van der Waals surface area contributed by atoms with Crippen LogP contribution in [0.1, 0.15) is 17.3 Å². The molecule has 2 aromatic rings. The van der Waals surface area contributed by atoms with Gasteiger partial charge in [-0.05, 0) is 31.2 Å². The molecule has 0 spiro atoms. The molecule has 1 aromatic carbocycles. The first-order valence-electron chi connectivity index (χ1n) is 6.02. The fourth-order valence-electron chi connectivity index (χ4n) is 1.63. The Kier molecular flexibility index (Phi) is 4.42. The van der Waals surface area contributed by atoms with Crippen LogP contribution in [0.5, 0.6) is 5.75 Å². The van der Waals surface area contributed by atoms with Gasteiger partial charge in [0.1, 0.15) is 5.75 Å². The number of pyridine rings is 1. The van der Waals surface area contributed by atoms with E-state index in [2.05, 4.69) is 10.3 Å². The van der Waals surface area contributed by atoms with E-state index in [0.717, 1.165) is 0 Å². The monoisotopic (exact) mass is 292 g/mol. The van der Waals surface area contributed by atoms with Crippen molar-refractivity contribution in [3.63, 3.8) is 0 Å². The Labute approximate surface area is 120 Å². The van der Waals surface area contributed by atoms with Gasteiger partial charge in [0.15, 0.2) is 0 Å². The van der Waals surface area contributed by atoms with Gasteiger partial charge in [-0.25, -0.2) is 0 Å². The molecule has 5 nitrogen and oxygen atoms in total. The lowest BCUT2D eigenvalue weighted by Gasteiger charge is -2.11. The van der Waals surface area contributed by atoms with Gasteiger partial charge in [0, 0.05) is 17.3 Å². The molecule has 20 heavy (non-hydrogen) atoms. The molecule has 0 bridgehead atoms. The van der Waals surface area contributed by atoms with Crippen LogP contribution in [0.15, 0.2) is 41.3 Å². The minimum Gasteiger partial charge on any atom is -0.492 e. The van der Waals surface area contributed by atoms with E-state index >= 15 is 0 Å². The SMILES string of the molecule is CCOc1ccc(Cl)cc1NC(=O)c1ccc(=O)[nH]c1. The first-order chi connectivity index (χ1) is 9.60. The molecule has 6 heteroatoms. The third-order valence-corrected chi connectivity index (χ3v) is 2.77.